The Balaban J connectivity index is 2.20. The Morgan fingerprint density at radius 3 is 2.12 bits per heavy atom. The summed E-state index contributed by atoms with van der Waals surface area (Å²) in [7, 11) is 0. The first-order valence-electron chi connectivity index (χ1n) is 5.27. The Kier molecular flexibility index (Phi) is 3.46. The van der Waals surface area contributed by atoms with Gasteiger partial charge in [-0.05, 0) is 11.6 Å². The lowest BCUT2D eigenvalue weighted by atomic mass is 10.1. The standard InChI is InChI=1S/C15H11FO/c16-15-4-2-1-3-14(15)10-9-12-5-7-13(11-17)8-6-12/h1-11H/b10-9+. The van der Waals surface area contributed by atoms with E-state index in [1.807, 2.05) is 18.2 Å². The van der Waals surface area contributed by atoms with Crippen LogP contribution in [0.15, 0.2) is 48.5 Å². The third-order valence-electron chi connectivity index (χ3n) is 2.43. The largest absolute Gasteiger partial charge is 0.298 e. The molecule has 0 aliphatic carbocycles. The Bertz CT molecular complexity index is 541. The minimum Gasteiger partial charge on any atom is -0.298 e. The summed E-state index contributed by atoms with van der Waals surface area (Å²) in [5, 5.41) is 0. The second-order valence-electron chi connectivity index (χ2n) is 3.64. The average Bonchev–Trinajstić information content (AvgIpc) is 2.38. The Hall–Kier alpha value is -2.22. The number of halogens is 1. The lowest BCUT2D eigenvalue weighted by Crippen LogP contribution is -1.81. The van der Waals surface area contributed by atoms with Crippen LogP contribution >= 0.6 is 0 Å². The summed E-state index contributed by atoms with van der Waals surface area (Å²) < 4.78 is 13.3. The number of hydrogen-bond donors (Lipinski definition) is 0. The number of aldehydes is 1. The van der Waals surface area contributed by atoms with E-state index in [4.69, 9.17) is 0 Å². The summed E-state index contributed by atoms with van der Waals surface area (Å²) in [6.07, 6.45) is 4.32. The van der Waals surface area contributed by atoms with Crippen LogP contribution in [-0.2, 0) is 0 Å². The molecule has 17 heavy (non-hydrogen) atoms. The molecule has 0 aliphatic rings. The number of carbonyl (C=O) groups excluding carboxylic acids is 1. The fraction of sp³-hybridized carbons (Fsp3) is 0. The normalized spacial score (nSPS) is 10.6. The van der Waals surface area contributed by atoms with Crippen LogP contribution in [0, 0.1) is 5.82 Å². The summed E-state index contributed by atoms with van der Waals surface area (Å²) in [4.78, 5) is 10.5. The van der Waals surface area contributed by atoms with E-state index in [0.29, 0.717) is 11.1 Å². The van der Waals surface area contributed by atoms with Crippen LogP contribution in [0.5, 0.6) is 0 Å². The summed E-state index contributed by atoms with van der Waals surface area (Å²) in [6.45, 7) is 0. The molecule has 0 amide bonds. The molecule has 0 radical (unpaired) electrons. The molecule has 0 fully saturated rings. The predicted molar refractivity (Wildman–Crippen MR) is 67.2 cm³/mol. The van der Waals surface area contributed by atoms with Gasteiger partial charge in [-0.2, -0.15) is 0 Å². The van der Waals surface area contributed by atoms with Crippen LogP contribution in [0.25, 0.3) is 12.2 Å². The molecule has 0 saturated heterocycles. The van der Waals surface area contributed by atoms with Gasteiger partial charge < -0.3 is 0 Å². The van der Waals surface area contributed by atoms with Gasteiger partial charge in [-0.1, -0.05) is 54.6 Å². The van der Waals surface area contributed by atoms with Crippen molar-refractivity contribution in [3.05, 3.63) is 71.0 Å². The second-order valence-corrected chi connectivity index (χ2v) is 3.64. The van der Waals surface area contributed by atoms with Gasteiger partial charge in [-0.3, -0.25) is 4.79 Å². The van der Waals surface area contributed by atoms with Crippen molar-refractivity contribution in [2.45, 2.75) is 0 Å². The summed E-state index contributed by atoms with van der Waals surface area (Å²) in [5.41, 5.74) is 2.11. The van der Waals surface area contributed by atoms with E-state index in [-0.39, 0.29) is 5.82 Å². The molecule has 2 heteroatoms. The maximum Gasteiger partial charge on any atom is 0.150 e. The lowest BCUT2D eigenvalue weighted by molar-refractivity contribution is 0.112. The Morgan fingerprint density at radius 2 is 1.47 bits per heavy atom. The van der Waals surface area contributed by atoms with Crippen molar-refractivity contribution in [2.24, 2.45) is 0 Å². The van der Waals surface area contributed by atoms with Crippen molar-refractivity contribution in [3.8, 4) is 0 Å². The molecular weight excluding hydrogens is 215 g/mol. The molecule has 0 bridgehead atoms. The van der Waals surface area contributed by atoms with E-state index in [2.05, 4.69) is 0 Å². The van der Waals surface area contributed by atoms with Crippen LogP contribution < -0.4 is 0 Å². The first-order chi connectivity index (χ1) is 8.29. The second kappa shape index (κ2) is 5.21. The van der Waals surface area contributed by atoms with Gasteiger partial charge in [0.1, 0.15) is 12.1 Å². The molecule has 0 aromatic heterocycles. The van der Waals surface area contributed by atoms with Crippen LogP contribution in [0.4, 0.5) is 4.39 Å². The number of carbonyl (C=O) groups is 1. The van der Waals surface area contributed by atoms with Gasteiger partial charge in [0.25, 0.3) is 0 Å². The third-order valence-corrected chi connectivity index (χ3v) is 2.43. The minimum absolute atomic E-state index is 0.242. The average molecular weight is 226 g/mol. The van der Waals surface area contributed by atoms with Crippen LogP contribution in [-0.4, -0.2) is 6.29 Å². The Morgan fingerprint density at radius 1 is 0.824 bits per heavy atom. The summed E-state index contributed by atoms with van der Waals surface area (Å²) in [5.74, 6) is -0.242. The van der Waals surface area contributed by atoms with Gasteiger partial charge >= 0.3 is 0 Å². The SMILES string of the molecule is O=Cc1ccc(/C=C/c2ccccc2F)cc1. The maximum atomic E-state index is 13.3. The van der Waals surface area contributed by atoms with Crippen molar-refractivity contribution in [2.75, 3.05) is 0 Å². The molecule has 2 aromatic carbocycles. The van der Waals surface area contributed by atoms with Crippen molar-refractivity contribution in [1.29, 1.82) is 0 Å². The van der Waals surface area contributed by atoms with E-state index < -0.39 is 0 Å². The molecule has 0 heterocycles. The molecule has 0 saturated carbocycles. The number of rotatable bonds is 3. The highest BCUT2D eigenvalue weighted by molar-refractivity contribution is 5.76. The smallest absolute Gasteiger partial charge is 0.150 e. The van der Waals surface area contributed by atoms with E-state index in [1.165, 1.54) is 6.07 Å². The molecule has 0 N–H and O–H groups in total. The van der Waals surface area contributed by atoms with Gasteiger partial charge in [0.05, 0.1) is 0 Å². The van der Waals surface area contributed by atoms with Crippen molar-refractivity contribution in [1.82, 2.24) is 0 Å². The quantitative estimate of drug-likeness (QED) is 0.574. The van der Waals surface area contributed by atoms with Gasteiger partial charge in [0.15, 0.2) is 0 Å². The number of benzene rings is 2. The molecule has 1 nitrogen and oxygen atoms in total. The summed E-state index contributed by atoms with van der Waals surface area (Å²) >= 11 is 0. The first kappa shape index (κ1) is 11.3. The van der Waals surface area contributed by atoms with Crippen LogP contribution in [0.2, 0.25) is 0 Å². The highest BCUT2D eigenvalue weighted by atomic mass is 19.1. The van der Waals surface area contributed by atoms with Gasteiger partial charge in [0.2, 0.25) is 0 Å². The van der Waals surface area contributed by atoms with E-state index in [1.54, 1.807) is 36.4 Å². The zero-order chi connectivity index (χ0) is 12.1. The monoisotopic (exact) mass is 226 g/mol. The molecule has 0 unspecified atom stereocenters. The van der Waals surface area contributed by atoms with E-state index in [0.717, 1.165) is 11.8 Å². The molecule has 84 valence electrons. The zero-order valence-corrected chi connectivity index (χ0v) is 9.14. The fourth-order valence-corrected chi connectivity index (χ4v) is 1.48. The van der Waals surface area contributed by atoms with E-state index in [9.17, 15) is 9.18 Å². The first-order valence-corrected chi connectivity index (χ1v) is 5.27. The highest BCUT2D eigenvalue weighted by Crippen LogP contribution is 2.12. The molecule has 0 spiro atoms. The molecule has 2 rings (SSSR count). The van der Waals surface area contributed by atoms with Crippen LogP contribution in [0.3, 0.4) is 0 Å². The minimum atomic E-state index is -0.242. The van der Waals surface area contributed by atoms with Gasteiger partial charge in [0, 0.05) is 11.1 Å². The Labute approximate surface area is 99.2 Å². The van der Waals surface area contributed by atoms with Gasteiger partial charge in [-0.25, -0.2) is 4.39 Å². The topological polar surface area (TPSA) is 17.1 Å². The van der Waals surface area contributed by atoms with Crippen molar-refractivity contribution < 1.29 is 9.18 Å². The number of hydrogen-bond acceptors (Lipinski definition) is 1. The third kappa shape index (κ3) is 2.88. The van der Waals surface area contributed by atoms with Gasteiger partial charge in [-0.15, -0.1) is 0 Å². The fourth-order valence-electron chi connectivity index (χ4n) is 1.48. The van der Waals surface area contributed by atoms with Crippen molar-refractivity contribution >= 4 is 18.4 Å². The highest BCUT2D eigenvalue weighted by Gasteiger charge is 1.95. The predicted octanol–water partition coefficient (Wildman–Crippen LogP) is 3.81. The molecule has 2 aromatic rings. The van der Waals surface area contributed by atoms with Crippen molar-refractivity contribution in [3.63, 3.8) is 0 Å². The van der Waals surface area contributed by atoms with E-state index >= 15 is 0 Å². The molecule has 0 atom stereocenters. The van der Waals surface area contributed by atoms with Crippen LogP contribution in [0.1, 0.15) is 21.5 Å². The maximum absolute atomic E-state index is 13.3. The lowest BCUT2D eigenvalue weighted by Gasteiger charge is -1.96. The molecule has 0 aliphatic heterocycles. The molecular formula is C15H11FO. The zero-order valence-electron chi connectivity index (χ0n) is 9.14. The summed E-state index contributed by atoms with van der Waals surface area (Å²) in [6, 6.07) is 13.7.